The number of alkyl halides is 3. The lowest BCUT2D eigenvalue weighted by Gasteiger charge is -2.25. The van der Waals surface area contributed by atoms with E-state index in [1.54, 1.807) is 19.9 Å². The van der Waals surface area contributed by atoms with Crippen LogP contribution >= 0.6 is 0 Å². The maximum Gasteiger partial charge on any atom is 0.422 e. The van der Waals surface area contributed by atoms with E-state index in [-0.39, 0.29) is 23.6 Å². The van der Waals surface area contributed by atoms with Crippen LogP contribution in [-0.2, 0) is 17.6 Å². The number of rotatable bonds is 4. The van der Waals surface area contributed by atoms with Gasteiger partial charge < -0.3 is 19.5 Å². The van der Waals surface area contributed by atoms with E-state index in [1.807, 2.05) is 0 Å². The van der Waals surface area contributed by atoms with Gasteiger partial charge in [-0.1, -0.05) is 0 Å². The summed E-state index contributed by atoms with van der Waals surface area (Å²) in [6.45, 7) is 2.31. The van der Waals surface area contributed by atoms with Gasteiger partial charge in [-0.05, 0) is 31.5 Å². The molecule has 10 heteroatoms. The van der Waals surface area contributed by atoms with Crippen molar-refractivity contribution in [1.82, 2.24) is 4.98 Å². The van der Waals surface area contributed by atoms with Crippen LogP contribution in [0.1, 0.15) is 29.2 Å². The zero-order valence-corrected chi connectivity index (χ0v) is 17.2. The minimum Gasteiger partial charge on any atom is -0.489 e. The number of benzene rings is 1. The van der Waals surface area contributed by atoms with Crippen LogP contribution in [0.25, 0.3) is 0 Å². The summed E-state index contributed by atoms with van der Waals surface area (Å²) in [5.74, 6) is -0.350. The summed E-state index contributed by atoms with van der Waals surface area (Å²) in [4.78, 5) is 16.9. The number of halogens is 3. The summed E-state index contributed by atoms with van der Waals surface area (Å²) in [5, 5.41) is 12.3. The fourth-order valence-corrected chi connectivity index (χ4v) is 3.67. The summed E-state index contributed by atoms with van der Waals surface area (Å²) in [5.41, 5.74) is 3.45. The Bertz CT molecular complexity index is 1180. The number of fused-ring (bicyclic) bond motifs is 2. The molecule has 2 aliphatic heterocycles. The van der Waals surface area contributed by atoms with Crippen molar-refractivity contribution in [3.05, 3.63) is 51.9 Å². The Hall–Kier alpha value is -3.74. The molecule has 1 aromatic heterocycles. The molecule has 0 fully saturated rings. The lowest BCUT2D eigenvalue weighted by atomic mass is 9.97. The fraction of sp³-hybridized carbons (Fsp3) is 0.318. The van der Waals surface area contributed by atoms with Gasteiger partial charge in [0.25, 0.3) is 0 Å². The Kier molecular flexibility index (Phi) is 5.42. The molecule has 0 radical (unpaired) electrons. The Morgan fingerprint density at radius 3 is 2.81 bits per heavy atom. The lowest BCUT2D eigenvalue weighted by molar-refractivity contribution is -0.154. The van der Waals surface area contributed by atoms with Crippen LogP contribution in [0.4, 0.5) is 18.9 Å². The van der Waals surface area contributed by atoms with Crippen LogP contribution in [-0.4, -0.2) is 30.3 Å². The number of nitriles is 1. The first-order valence-electron chi connectivity index (χ1n) is 9.73. The van der Waals surface area contributed by atoms with Crippen LogP contribution in [0.2, 0.25) is 0 Å². The Morgan fingerprint density at radius 1 is 1.31 bits per heavy atom. The monoisotopic (exact) mass is 445 g/mol. The molecule has 0 spiro atoms. The highest BCUT2D eigenvalue weighted by Crippen LogP contribution is 2.40. The minimum absolute atomic E-state index is 0.0196. The number of pyridine rings is 1. The third-order valence-corrected chi connectivity index (χ3v) is 5.21. The molecular formula is C22H18F3N3O4. The van der Waals surface area contributed by atoms with E-state index < -0.39 is 18.8 Å². The van der Waals surface area contributed by atoms with Crippen LogP contribution in [0.3, 0.4) is 0 Å². The summed E-state index contributed by atoms with van der Waals surface area (Å²) in [6.07, 6.45) is -2.60. The van der Waals surface area contributed by atoms with Gasteiger partial charge in [-0.15, -0.1) is 0 Å². The van der Waals surface area contributed by atoms with E-state index in [4.69, 9.17) is 14.2 Å². The molecule has 32 heavy (non-hydrogen) atoms. The lowest BCUT2D eigenvalue weighted by Crippen LogP contribution is -2.24. The minimum atomic E-state index is -4.52. The molecule has 2 aromatic rings. The molecular weight excluding hydrogens is 427 g/mol. The predicted molar refractivity (Wildman–Crippen MR) is 107 cm³/mol. The van der Waals surface area contributed by atoms with Gasteiger partial charge in [0.1, 0.15) is 0 Å². The number of aromatic nitrogens is 1. The molecule has 7 nitrogen and oxygen atoms in total. The van der Waals surface area contributed by atoms with Crippen LogP contribution in [0, 0.1) is 18.3 Å². The molecule has 1 aromatic carbocycles. The highest BCUT2D eigenvalue weighted by molar-refractivity contribution is 5.94. The summed E-state index contributed by atoms with van der Waals surface area (Å²) < 4.78 is 53.9. The summed E-state index contributed by atoms with van der Waals surface area (Å²) in [7, 11) is 0. The standard InChI is InChI=1S/C22H18F3N3O4/c1-11-9-27-20(31-10-22(23,24)25)16-7-15(12(2)28-18(11)16)21(29)32-17-4-3-13(8-26)14-5-6-30-19(14)17/h3-4,9,28H,5-7,10H2,1-2H3. The van der Waals surface area contributed by atoms with Gasteiger partial charge in [-0.2, -0.15) is 18.4 Å². The van der Waals surface area contributed by atoms with Gasteiger partial charge in [-0.25, -0.2) is 9.78 Å². The maximum atomic E-state index is 13.0. The van der Waals surface area contributed by atoms with Gasteiger partial charge >= 0.3 is 12.1 Å². The normalized spacial score (nSPS) is 14.6. The number of carbonyl (C=O) groups excluding carboxylic acids is 1. The zero-order valence-electron chi connectivity index (χ0n) is 17.2. The average Bonchev–Trinajstić information content (AvgIpc) is 3.23. The van der Waals surface area contributed by atoms with Gasteiger partial charge in [-0.3, -0.25) is 0 Å². The molecule has 0 atom stereocenters. The SMILES string of the molecule is CC1=C(C(=O)Oc2ccc(C#N)c3c2OCC3)Cc2c(OCC(F)(F)F)ncc(C)c2N1. The highest BCUT2D eigenvalue weighted by atomic mass is 19.4. The van der Waals surface area contributed by atoms with Gasteiger partial charge in [0.2, 0.25) is 5.88 Å². The quantitative estimate of drug-likeness (QED) is 0.562. The number of esters is 1. The number of nitrogens with zero attached hydrogens (tertiary/aromatic N) is 2. The molecule has 1 N–H and O–H groups in total. The van der Waals surface area contributed by atoms with Crippen molar-refractivity contribution in [2.24, 2.45) is 0 Å². The van der Waals surface area contributed by atoms with Crippen molar-refractivity contribution in [3.8, 4) is 23.4 Å². The molecule has 166 valence electrons. The Morgan fingerprint density at radius 2 is 2.09 bits per heavy atom. The first-order valence-corrected chi connectivity index (χ1v) is 9.73. The van der Waals surface area contributed by atoms with Crippen LogP contribution in [0.15, 0.2) is 29.6 Å². The average molecular weight is 445 g/mol. The molecule has 2 aliphatic rings. The van der Waals surface area contributed by atoms with E-state index in [1.165, 1.54) is 12.3 Å². The predicted octanol–water partition coefficient (Wildman–Crippen LogP) is 3.99. The molecule has 0 aliphatic carbocycles. The summed E-state index contributed by atoms with van der Waals surface area (Å²) >= 11 is 0. The van der Waals surface area contributed by atoms with Crippen LogP contribution in [0.5, 0.6) is 17.4 Å². The number of carbonyl (C=O) groups is 1. The molecule has 4 rings (SSSR count). The van der Waals surface area contributed by atoms with Crippen molar-refractivity contribution < 1.29 is 32.2 Å². The van der Waals surface area contributed by atoms with Crippen molar-refractivity contribution in [3.63, 3.8) is 0 Å². The van der Waals surface area contributed by atoms with E-state index >= 15 is 0 Å². The Labute approximate surface area is 181 Å². The number of aryl methyl sites for hydroxylation is 1. The first kappa shape index (κ1) is 21.5. The van der Waals surface area contributed by atoms with Gasteiger partial charge in [0.05, 0.1) is 29.5 Å². The van der Waals surface area contributed by atoms with Crippen molar-refractivity contribution in [2.45, 2.75) is 32.9 Å². The number of hydrogen-bond donors (Lipinski definition) is 1. The second-order valence-electron chi connectivity index (χ2n) is 7.43. The zero-order chi connectivity index (χ0) is 23.0. The molecule has 3 heterocycles. The highest BCUT2D eigenvalue weighted by Gasteiger charge is 2.32. The number of ether oxygens (including phenoxy) is 3. The molecule has 0 amide bonds. The molecule has 0 saturated carbocycles. The largest absolute Gasteiger partial charge is 0.489 e. The van der Waals surface area contributed by atoms with E-state index in [9.17, 15) is 23.2 Å². The second-order valence-corrected chi connectivity index (χ2v) is 7.43. The second kappa shape index (κ2) is 8.07. The number of nitrogens with one attached hydrogen (secondary N) is 1. The molecule has 0 bridgehead atoms. The molecule has 0 saturated heterocycles. The third-order valence-electron chi connectivity index (χ3n) is 5.21. The van der Waals surface area contributed by atoms with E-state index in [2.05, 4.69) is 16.4 Å². The number of allylic oxidation sites excluding steroid dienone is 1. The maximum absolute atomic E-state index is 13.0. The van der Waals surface area contributed by atoms with Crippen molar-refractivity contribution in [2.75, 3.05) is 18.5 Å². The topological polar surface area (TPSA) is 93.5 Å². The first-order chi connectivity index (χ1) is 15.2. The third kappa shape index (κ3) is 4.06. The number of anilines is 1. The Balaban J connectivity index is 1.61. The van der Waals surface area contributed by atoms with E-state index in [0.29, 0.717) is 52.4 Å². The van der Waals surface area contributed by atoms with Crippen molar-refractivity contribution in [1.29, 1.82) is 5.26 Å². The molecule has 0 unspecified atom stereocenters. The number of hydrogen-bond acceptors (Lipinski definition) is 7. The fourth-order valence-electron chi connectivity index (χ4n) is 3.67. The van der Waals surface area contributed by atoms with Crippen molar-refractivity contribution >= 4 is 11.7 Å². The smallest absolute Gasteiger partial charge is 0.422 e. The van der Waals surface area contributed by atoms with Crippen LogP contribution < -0.4 is 19.5 Å². The van der Waals surface area contributed by atoms with E-state index in [0.717, 1.165) is 0 Å². The van der Waals surface area contributed by atoms with Gasteiger partial charge in [0.15, 0.2) is 18.1 Å². The van der Waals surface area contributed by atoms with Gasteiger partial charge in [0, 0.05) is 35.9 Å². The summed E-state index contributed by atoms with van der Waals surface area (Å²) in [6, 6.07) is 5.13.